The van der Waals surface area contributed by atoms with Crippen molar-refractivity contribution in [2.24, 2.45) is 5.41 Å². The number of anilines is 2. The smallest absolute Gasteiger partial charge is 0.318 e. The number of nitriles is 1. The third-order valence-corrected chi connectivity index (χ3v) is 8.89. The van der Waals surface area contributed by atoms with E-state index >= 15 is 4.39 Å². The maximum atomic E-state index is 15.1. The number of nitrogens with zero attached hydrogens (tertiary/aromatic N) is 7. The summed E-state index contributed by atoms with van der Waals surface area (Å²) < 4.78 is 21.5. The van der Waals surface area contributed by atoms with Crippen molar-refractivity contribution < 1.29 is 13.9 Å². The highest BCUT2D eigenvalue weighted by molar-refractivity contribution is 5.87. The Morgan fingerprint density at radius 1 is 1.24 bits per heavy atom. The number of rotatable bonds is 9. The summed E-state index contributed by atoms with van der Waals surface area (Å²) in [5.41, 5.74) is 3.46. The Morgan fingerprint density at radius 2 is 2.05 bits per heavy atom. The van der Waals surface area contributed by atoms with Crippen molar-refractivity contribution in [2.45, 2.75) is 58.0 Å². The van der Waals surface area contributed by atoms with Crippen LogP contribution in [0.3, 0.4) is 0 Å². The van der Waals surface area contributed by atoms with Crippen LogP contribution in [-0.4, -0.2) is 85.1 Å². The van der Waals surface area contributed by atoms with Crippen LogP contribution in [0.15, 0.2) is 30.9 Å². The molecule has 0 bridgehead atoms. The number of amides is 1. The van der Waals surface area contributed by atoms with Crippen molar-refractivity contribution in [1.82, 2.24) is 19.8 Å². The zero-order chi connectivity index (χ0) is 29.9. The van der Waals surface area contributed by atoms with Gasteiger partial charge in [0.15, 0.2) is 0 Å². The quantitative estimate of drug-likeness (QED) is 0.413. The van der Waals surface area contributed by atoms with Gasteiger partial charge in [0.25, 0.3) is 0 Å². The van der Waals surface area contributed by atoms with Crippen LogP contribution >= 0.6 is 0 Å². The molecule has 5 rings (SSSR count). The SMILES string of the molecule is C=CC(=O)N1CCN(c2nc(OCC3(CN(C)C)CCC3)nc3c2CCCN(c2c(C)cccc2F)C3)C[C@@H]1CC#N. The van der Waals surface area contributed by atoms with Gasteiger partial charge in [0.1, 0.15) is 11.6 Å². The number of para-hydroxylation sites is 1. The molecule has 0 unspecified atom stereocenters. The molecule has 42 heavy (non-hydrogen) atoms. The molecule has 1 atom stereocenters. The predicted molar refractivity (Wildman–Crippen MR) is 161 cm³/mol. The Bertz CT molecular complexity index is 1330. The molecule has 1 aromatic carbocycles. The van der Waals surface area contributed by atoms with E-state index in [9.17, 15) is 10.1 Å². The molecule has 2 aliphatic heterocycles. The topological polar surface area (TPSA) is 88.8 Å². The van der Waals surface area contributed by atoms with Crippen molar-refractivity contribution in [3.05, 3.63) is 53.5 Å². The molecule has 0 N–H and O–H groups in total. The zero-order valence-corrected chi connectivity index (χ0v) is 25.1. The summed E-state index contributed by atoms with van der Waals surface area (Å²) in [7, 11) is 4.18. The molecule has 224 valence electrons. The molecule has 1 amide bonds. The lowest BCUT2D eigenvalue weighted by atomic mass is 9.69. The number of carbonyl (C=O) groups is 1. The van der Waals surface area contributed by atoms with Gasteiger partial charge in [-0.3, -0.25) is 4.79 Å². The van der Waals surface area contributed by atoms with Gasteiger partial charge in [-0.1, -0.05) is 25.1 Å². The van der Waals surface area contributed by atoms with E-state index in [0.717, 1.165) is 54.9 Å². The summed E-state index contributed by atoms with van der Waals surface area (Å²) in [5, 5.41) is 9.52. The first-order chi connectivity index (χ1) is 20.2. The molecule has 1 aromatic heterocycles. The van der Waals surface area contributed by atoms with Crippen LogP contribution in [0.25, 0.3) is 0 Å². The minimum Gasteiger partial charge on any atom is -0.463 e. The molecule has 2 fully saturated rings. The van der Waals surface area contributed by atoms with E-state index in [0.29, 0.717) is 51.0 Å². The summed E-state index contributed by atoms with van der Waals surface area (Å²) in [4.78, 5) is 30.7. The van der Waals surface area contributed by atoms with Gasteiger partial charge < -0.3 is 24.3 Å². The number of fused-ring (bicyclic) bond motifs is 1. The van der Waals surface area contributed by atoms with E-state index < -0.39 is 0 Å². The molecule has 2 aromatic rings. The minimum atomic E-state index is -0.272. The van der Waals surface area contributed by atoms with Gasteiger partial charge in [-0.15, -0.1) is 0 Å². The first-order valence-corrected chi connectivity index (χ1v) is 15.0. The summed E-state index contributed by atoms with van der Waals surface area (Å²) in [6, 6.07) is 7.49. The lowest BCUT2D eigenvalue weighted by Crippen LogP contribution is -2.55. The number of halogens is 1. The van der Waals surface area contributed by atoms with Crippen molar-refractivity contribution in [3.8, 4) is 12.1 Å². The van der Waals surface area contributed by atoms with Gasteiger partial charge in [-0.2, -0.15) is 15.2 Å². The van der Waals surface area contributed by atoms with Gasteiger partial charge >= 0.3 is 6.01 Å². The fourth-order valence-corrected chi connectivity index (χ4v) is 6.78. The fraction of sp³-hybridized carbons (Fsp3) is 0.562. The highest BCUT2D eigenvalue weighted by Crippen LogP contribution is 2.42. The third kappa shape index (κ3) is 6.21. The van der Waals surface area contributed by atoms with Crippen LogP contribution in [0.2, 0.25) is 0 Å². The van der Waals surface area contributed by atoms with Crippen molar-refractivity contribution in [2.75, 3.05) is 63.2 Å². The number of hydrogen-bond donors (Lipinski definition) is 0. The third-order valence-electron chi connectivity index (χ3n) is 8.89. The largest absolute Gasteiger partial charge is 0.463 e. The zero-order valence-electron chi connectivity index (χ0n) is 25.1. The second-order valence-corrected chi connectivity index (χ2v) is 12.3. The standard InChI is InChI=1S/C32H42FN7O2/c1-5-28(41)40-18-17-39(19-24(40)12-15-34)30-25-10-7-16-38(29-23(2)9-6-11-26(29)33)20-27(25)35-31(36-30)42-22-32(13-8-14-32)21-37(3)4/h5-6,9,11,24H,1,7-8,10,12-14,16-22H2,2-4H3/t24-/m0/s1. The first-order valence-electron chi connectivity index (χ1n) is 15.0. The molecule has 10 heteroatoms. The van der Waals surface area contributed by atoms with Gasteiger partial charge in [-0.05, 0) is 64.4 Å². The van der Waals surface area contributed by atoms with Crippen LogP contribution in [-0.2, 0) is 17.8 Å². The van der Waals surface area contributed by atoms with Gasteiger partial charge in [0.2, 0.25) is 5.91 Å². The molecule has 0 spiro atoms. The summed E-state index contributed by atoms with van der Waals surface area (Å²) in [6.07, 6.45) is 6.51. The van der Waals surface area contributed by atoms with E-state index in [1.807, 2.05) is 13.0 Å². The average Bonchev–Trinajstić information content (AvgIpc) is 3.16. The first kappa shape index (κ1) is 29.8. The maximum absolute atomic E-state index is 15.1. The Balaban J connectivity index is 1.50. The molecule has 0 radical (unpaired) electrons. The van der Waals surface area contributed by atoms with E-state index in [1.54, 1.807) is 11.0 Å². The average molecular weight is 576 g/mol. The van der Waals surface area contributed by atoms with E-state index in [2.05, 4.69) is 41.4 Å². The molecule has 1 saturated heterocycles. The second kappa shape index (κ2) is 12.7. The minimum absolute atomic E-state index is 0.0880. The van der Waals surface area contributed by atoms with Crippen LogP contribution in [0.1, 0.15) is 48.9 Å². The number of piperazine rings is 1. The molecular weight excluding hydrogens is 533 g/mol. The summed E-state index contributed by atoms with van der Waals surface area (Å²) >= 11 is 0. The number of carbonyl (C=O) groups excluding carboxylic acids is 1. The lowest BCUT2D eigenvalue weighted by molar-refractivity contribution is -0.128. The van der Waals surface area contributed by atoms with Crippen LogP contribution in [0.4, 0.5) is 15.9 Å². The molecule has 9 nitrogen and oxygen atoms in total. The number of ether oxygens (including phenoxy) is 1. The number of aryl methyl sites for hydroxylation is 1. The van der Waals surface area contributed by atoms with E-state index in [1.165, 1.54) is 18.6 Å². The summed E-state index contributed by atoms with van der Waals surface area (Å²) in [5.74, 6) is 0.399. The molecular formula is C32H42FN7O2. The van der Waals surface area contributed by atoms with Crippen LogP contribution in [0.5, 0.6) is 6.01 Å². The molecule has 3 heterocycles. The van der Waals surface area contributed by atoms with Gasteiger partial charge in [0, 0.05) is 43.7 Å². The van der Waals surface area contributed by atoms with E-state index in [4.69, 9.17) is 14.7 Å². The number of hydrogen-bond acceptors (Lipinski definition) is 8. The van der Waals surface area contributed by atoms with E-state index in [-0.39, 0.29) is 29.6 Å². The predicted octanol–water partition coefficient (Wildman–Crippen LogP) is 4.10. The van der Waals surface area contributed by atoms with Crippen LogP contribution in [0, 0.1) is 29.5 Å². The van der Waals surface area contributed by atoms with Crippen molar-refractivity contribution in [3.63, 3.8) is 0 Å². The number of benzene rings is 1. The van der Waals surface area contributed by atoms with Crippen LogP contribution < -0.4 is 14.5 Å². The van der Waals surface area contributed by atoms with Gasteiger partial charge in [0.05, 0.1) is 43.1 Å². The molecule has 3 aliphatic rings. The monoisotopic (exact) mass is 575 g/mol. The summed E-state index contributed by atoms with van der Waals surface area (Å²) in [6.45, 7) is 9.73. The number of aromatic nitrogens is 2. The van der Waals surface area contributed by atoms with Crippen molar-refractivity contribution in [1.29, 1.82) is 5.26 Å². The second-order valence-electron chi connectivity index (χ2n) is 12.3. The Morgan fingerprint density at radius 3 is 2.71 bits per heavy atom. The molecule has 1 saturated carbocycles. The Hall–Kier alpha value is -3.71. The van der Waals surface area contributed by atoms with Gasteiger partial charge in [-0.25, -0.2) is 4.39 Å². The molecule has 1 aliphatic carbocycles. The maximum Gasteiger partial charge on any atom is 0.318 e. The lowest BCUT2D eigenvalue weighted by Gasteiger charge is -2.43. The highest BCUT2D eigenvalue weighted by Gasteiger charge is 2.39. The fourth-order valence-electron chi connectivity index (χ4n) is 6.78. The normalized spacial score (nSPS) is 19.9. The van der Waals surface area contributed by atoms with Crippen molar-refractivity contribution >= 4 is 17.4 Å². The Labute approximate surface area is 248 Å². The Kier molecular flexibility index (Phi) is 8.97. The highest BCUT2D eigenvalue weighted by atomic mass is 19.1.